The second kappa shape index (κ2) is 6.04. The number of nitrogens with one attached hydrogen (secondary N) is 1. The number of rotatable bonds is 4. The monoisotopic (exact) mass is 301 g/mol. The molecule has 0 unspecified atom stereocenters. The van der Waals surface area contributed by atoms with Gasteiger partial charge in [0, 0.05) is 12.1 Å². The van der Waals surface area contributed by atoms with Crippen molar-refractivity contribution in [2.45, 2.75) is 52.5 Å². The van der Waals surface area contributed by atoms with Gasteiger partial charge in [0.2, 0.25) is 0 Å². The van der Waals surface area contributed by atoms with Crippen molar-refractivity contribution in [1.82, 2.24) is 0 Å². The Hall–Kier alpha value is -1.35. The summed E-state index contributed by atoms with van der Waals surface area (Å²) in [7, 11) is 0. The van der Waals surface area contributed by atoms with E-state index in [-0.39, 0.29) is 11.9 Å². The standard InChI is InChI=1S/C19H28N2O/c1-4-10-21-11-8-16(9-12-21)13-17(21)19(22)20-18-14(2)6-5-7-15(18)3/h5-7,16-17H,4,8-13H2,1-3H3/p+1/t16?,17-,21?/m0/s1. The molecule has 3 heteroatoms. The molecule has 3 saturated heterocycles. The number of aryl methyl sites for hydroxylation is 2. The van der Waals surface area contributed by atoms with Gasteiger partial charge in [-0.2, -0.15) is 0 Å². The number of carbonyl (C=O) groups is 1. The minimum Gasteiger partial charge on any atom is -0.320 e. The van der Waals surface area contributed by atoms with Gasteiger partial charge in [0.15, 0.2) is 6.04 Å². The van der Waals surface area contributed by atoms with Gasteiger partial charge in [0.1, 0.15) is 0 Å². The maximum Gasteiger partial charge on any atom is 0.282 e. The SMILES string of the molecule is CCC[N+]12CCC(CC1)C[C@H]2C(=O)Nc1c(C)cccc1C. The lowest BCUT2D eigenvalue weighted by molar-refractivity contribution is -0.957. The van der Waals surface area contributed by atoms with E-state index in [2.05, 4.69) is 44.3 Å². The lowest BCUT2D eigenvalue weighted by Crippen LogP contribution is -2.67. The summed E-state index contributed by atoms with van der Waals surface area (Å²) in [4.78, 5) is 13.0. The van der Waals surface area contributed by atoms with Crippen LogP contribution in [-0.4, -0.2) is 36.1 Å². The molecule has 1 aromatic rings. The van der Waals surface area contributed by atoms with Crippen molar-refractivity contribution in [2.75, 3.05) is 25.0 Å². The Morgan fingerprint density at radius 1 is 1.23 bits per heavy atom. The third kappa shape index (κ3) is 2.67. The molecule has 0 aromatic heterocycles. The van der Waals surface area contributed by atoms with Crippen LogP contribution in [0.15, 0.2) is 18.2 Å². The second-order valence-corrected chi connectivity index (χ2v) is 7.34. The molecule has 3 nitrogen and oxygen atoms in total. The number of benzene rings is 1. The van der Waals surface area contributed by atoms with Gasteiger partial charge in [-0.15, -0.1) is 0 Å². The van der Waals surface area contributed by atoms with Crippen LogP contribution in [0.25, 0.3) is 0 Å². The van der Waals surface area contributed by atoms with Crippen LogP contribution in [0.3, 0.4) is 0 Å². The molecule has 120 valence electrons. The number of fused-ring (bicyclic) bond motifs is 3. The maximum atomic E-state index is 13.0. The van der Waals surface area contributed by atoms with Gasteiger partial charge in [-0.3, -0.25) is 4.79 Å². The molecule has 22 heavy (non-hydrogen) atoms. The molecule has 0 spiro atoms. The molecule has 1 atom stereocenters. The number of piperidine rings is 3. The number of quaternary nitrogens is 1. The number of hydrogen-bond donors (Lipinski definition) is 1. The number of para-hydroxylation sites is 1. The zero-order valence-electron chi connectivity index (χ0n) is 14.2. The van der Waals surface area contributed by atoms with Crippen LogP contribution >= 0.6 is 0 Å². The van der Waals surface area contributed by atoms with Gasteiger partial charge in [0.25, 0.3) is 5.91 Å². The summed E-state index contributed by atoms with van der Waals surface area (Å²) in [5.74, 6) is 1.01. The van der Waals surface area contributed by atoms with Gasteiger partial charge >= 0.3 is 0 Å². The Morgan fingerprint density at radius 3 is 2.45 bits per heavy atom. The highest BCUT2D eigenvalue weighted by Gasteiger charge is 2.50. The number of carbonyl (C=O) groups excluding carboxylic acids is 1. The molecule has 4 rings (SSSR count). The van der Waals surface area contributed by atoms with E-state index in [0.29, 0.717) is 0 Å². The van der Waals surface area contributed by atoms with E-state index < -0.39 is 0 Å². The maximum absolute atomic E-state index is 13.0. The van der Waals surface area contributed by atoms with E-state index >= 15 is 0 Å². The smallest absolute Gasteiger partial charge is 0.282 e. The number of anilines is 1. The normalized spacial score (nSPS) is 30.3. The first kappa shape index (κ1) is 15.5. The van der Waals surface area contributed by atoms with Gasteiger partial charge in [-0.25, -0.2) is 0 Å². The number of hydrogen-bond acceptors (Lipinski definition) is 1. The highest BCUT2D eigenvalue weighted by molar-refractivity contribution is 5.95. The Bertz CT molecular complexity index is 533. The summed E-state index contributed by atoms with van der Waals surface area (Å²) in [6.45, 7) is 9.94. The minimum absolute atomic E-state index is 0.159. The second-order valence-electron chi connectivity index (χ2n) is 7.34. The molecule has 0 radical (unpaired) electrons. The van der Waals surface area contributed by atoms with Crippen molar-refractivity contribution < 1.29 is 9.28 Å². The molecule has 3 aliphatic rings. The van der Waals surface area contributed by atoms with Gasteiger partial charge in [-0.05, 0) is 50.2 Å². The average Bonchev–Trinajstić information content (AvgIpc) is 2.52. The van der Waals surface area contributed by atoms with Crippen LogP contribution < -0.4 is 5.32 Å². The molecule has 3 heterocycles. The zero-order chi connectivity index (χ0) is 15.7. The first-order chi connectivity index (χ1) is 10.6. The van der Waals surface area contributed by atoms with E-state index in [4.69, 9.17) is 0 Å². The summed E-state index contributed by atoms with van der Waals surface area (Å²) >= 11 is 0. The molecule has 1 N–H and O–H groups in total. The fourth-order valence-corrected chi connectivity index (χ4v) is 4.62. The lowest BCUT2D eigenvalue weighted by atomic mass is 9.80. The largest absolute Gasteiger partial charge is 0.320 e. The molecule has 1 aromatic carbocycles. The van der Waals surface area contributed by atoms with Crippen LogP contribution in [0.2, 0.25) is 0 Å². The van der Waals surface area contributed by atoms with E-state index in [0.717, 1.165) is 46.6 Å². The Kier molecular flexibility index (Phi) is 4.26. The van der Waals surface area contributed by atoms with Crippen LogP contribution in [-0.2, 0) is 4.79 Å². The quantitative estimate of drug-likeness (QED) is 0.845. The average molecular weight is 301 g/mol. The molecule has 3 fully saturated rings. The molecular weight excluding hydrogens is 272 g/mol. The lowest BCUT2D eigenvalue weighted by Gasteiger charge is -2.53. The summed E-state index contributed by atoms with van der Waals surface area (Å²) in [6.07, 6.45) is 4.87. The van der Waals surface area contributed by atoms with E-state index in [1.807, 2.05) is 0 Å². The van der Waals surface area contributed by atoms with Gasteiger partial charge < -0.3 is 9.80 Å². The Morgan fingerprint density at radius 2 is 1.86 bits per heavy atom. The fourth-order valence-electron chi connectivity index (χ4n) is 4.62. The topological polar surface area (TPSA) is 29.1 Å². The Balaban J connectivity index is 1.82. The van der Waals surface area contributed by atoms with Crippen LogP contribution in [0.5, 0.6) is 0 Å². The third-order valence-corrected chi connectivity index (χ3v) is 5.88. The highest BCUT2D eigenvalue weighted by Crippen LogP contribution is 2.39. The van der Waals surface area contributed by atoms with Crippen molar-refractivity contribution >= 4 is 11.6 Å². The van der Waals surface area contributed by atoms with Crippen molar-refractivity contribution in [3.8, 4) is 0 Å². The fraction of sp³-hybridized carbons (Fsp3) is 0.632. The Labute approximate surface area is 134 Å². The van der Waals surface area contributed by atoms with Gasteiger partial charge in [-0.1, -0.05) is 25.1 Å². The molecule has 2 bridgehead atoms. The van der Waals surface area contributed by atoms with Crippen molar-refractivity contribution in [2.24, 2.45) is 5.92 Å². The molecule has 0 aliphatic carbocycles. The number of amides is 1. The van der Waals surface area contributed by atoms with E-state index in [1.54, 1.807) is 0 Å². The third-order valence-electron chi connectivity index (χ3n) is 5.88. The minimum atomic E-state index is 0.159. The molecule has 3 aliphatic heterocycles. The predicted octanol–water partition coefficient (Wildman–Crippen LogP) is 3.65. The summed E-state index contributed by atoms with van der Waals surface area (Å²) in [5, 5.41) is 3.26. The predicted molar refractivity (Wildman–Crippen MR) is 90.8 cm³/mol. The van der Waals surface area contributed by atoms with E-state index in [1.165, 1.54) is 25.9 Å². The molecular formula is C19H29N2O+. The summed E-state index contributed by atoms with van der Waals surface area (Å²) in [5.41, 5.74) is 3.34. The van der Waals surface area contributed by atoms with Crippen LogP contribution in [0, 0.1) is 19.8 Å². The van der Waals surface area contributed by atoms with E-state index in [9.17, 15) is 4.79 Å². The highest BCUT2D eigenvalue weighted by atomic mass is 16.2. The first-order valence-corrected chi connectivity index (χ1v) is 8.78. The van der Waals surface area contributed by atoms with Crippen LogP contribution in [0.4, 0.5) is 5.69 Å². The first-order valence-electron chi connectivity index (χ1n) is 8.78. The van der Waals surface area contributed by atoms with Crippen LogP contribution in [0.1, 0.15) is 43.7 Å². The van der Waals surface area contributed by atoms with Crippen molar-refractivity contribution in [3.63, 3.8) is 0 Å². The molecule has 0 saturated carbocycles. The molecule has 1 amide bonds. The summed E-state index contributed by atoms with van der Waals surface area (Å²) in [6, 6.07) is 6.36. The van der Waals surface area contributed by atoms with Crippen molar-refractivity contribution in [3.05, 3.63) is 29.3 Å². The van der Waals surface area contributed by atoms with Gasteiger partial charge in [0.05, 0.1) is 19.6 Å². The van der Waals surface area contributed by atoms with Crippen molar-refractivity contribution in [1.29, 1.82) is 0 Å². The summed E-state index contributed by atoms with van der Waals surface area (Å²) < 4.78 is 1.03. The zero-order valence-corrected chi connectivity index (χ0v) is 14.2. The number of nitrogens with zero attached hydrogens (tertiary/aromatic N) is 1.